The summed E-state index contributed by atoms with van der Waals surface area (Å²) in [5, 5.41) is 17.2. The van der Waals surface area contributed by atoms with Gasteiger partial charge in [-0.05, 0) is 12.2 Å². The Labute approximate surface area is 139 Å². The van der Waals surface area contributed by atoms with E-state index in [9.17, 15) is 0 Å². The number of hydrogen-bond donors (Lipinski definition) is 2. The fraction of sp³-hybridized carbons (Fsp3) is 1.00. The first-order valence-electron chi connectivity index (χ1n) is 6.75. The smallest absolute Gasteiger partial charge is 0.418 e. The van der Waals surface area contributed by atoms with Crippen LogP contribution in [0.1, 0.15) is 71.1 Å². The monoisotopic (exact) mass is 385 g/mol. The van der Waals surface area contributed by atoms with E-state index in [1.807, 2.05) is 0 Å². The summed E-state index contributed by atoms with van der Waals surface area (Å²) in [5.74, 6) is 0.869. The van der Waals surface area contributed by atoms with E-state index < -0.39 is 6.40 Å². The van der Waals surface area contributed by atoms with Crippen LogP contribution in [0.2, 0.25) is 0 Å². The molecule has 0 unspecified atom stereocenters. The zero-order valence-corrected chi connectivity index (χ0v) is 15.7. The van der Waals surface area contributed by atoms with Gasteiger partial charge in [-0.1, -0.05) is 64.7 Å². The van der Waals surface area contributed by atoms with Crippen molar-refractivity contribution in [1.29, 1.82) is 0 Å². The minimum absolute atomic E-state index is 0. The van der Waals surface area contributed by atoms with Gasteiger partial charge in [0.05, 0.1) is 0 Å². The Hall–Kier alpha value is 1.53. The minimum atomic E-state index is -1.18. The maximum absolute atomic E-state index is 8.61. The van der Waals surface area contributed by atoms with Gasteiger partial charge in [-0.25, -0.2) is 0 Å². The average Bonchev–Trinajstić information content (AvgIpc) is 2.25. The molecule has 0 amide bonds. The van der Waals surface area contributed by atoms with Crippen LogP contribution in [-0.2, 0) is 0 Å². The Bertz CT molecular complexity index is 140. The molecule has 0 spiro atoms. The molecule has 5 heteroatoms. The molecule has 0 atom stereocenters. The van der Waals surface area contributed by atoms with Crippen LogP contribution in [-0.4, -0.2) is 22.2 Å². The second kappa shape index (κ2) is 17.5. The molecular formula is C12H27BLaO2S. The molecule has 0 aliphatic carbocycles. The summed E-state index contributed by atoms with van der Waals surface area (Å²) >= 11 is 1.22. The maximum atomic E-state index is 8.61. The van der Waals surface area contributed by atoms with Gasteiger partial charge >= 0.3 is 6.40 Å². The Balaban J connectivity index is 0. The molecule has 0 rings (SSSR count). The van der Waals surface area contributed by atoms with Crippen LogP contribution in [0.25, 0.3) is 0 Å². The zero-order chi connectivity index (χ0) is 12.1. The van der Waals surface area contributed by atoms with Crippen molar-refractivity contribution in [2.75, 3.05) is 5.75 Å². The third kappa shape index (κ3) is 20.0. The summed E-state index contributed by atoms with van der Waals surface area (Å²) in [6.45, 7) is 2.25. The van der Waals surface area contributed by atoms with E-state index in [1.165, 1.54) is 69.4 Å². The third-order valence-electron chi connectivity index (χ3n) is 2.76. The molecule has 1 radical (unpaired) electrons. The Morgan fingerprint density at radius 3 is 1.59 bits per heavy atom. The fourth-order valence-electron chi connectivity index (χ4n) is 1.78. The summed E-state index contributed by atoms with van der Waals surface area (Å²) < 4.78 is 0. The van der Waals surface area contributed by atoms with Crippen LogP contribution in [0, 0.1) is 35.6 Å². The van der Waals surface area contributed by atoms with Crippen LogP contribution < -0.4 is 0 Å². The van der Waals surface area contributed by atoms with Crippen molar-refractivity contribution in [1.82, 2.24) is 0 Å². The second-order valence-electron chi connectivity index (χ2n) is 4.38. The molecule has 0 saturated carbocycles. The van der Waals surface area contributed by atoms with Gasteiger partial charge in [0.25, 0.3) is 0 Å². The van der Waals surface area contributed by atoms with Crippen molar-refractivity contribution in [3.05, 3.63) is 0 Å². The molecule has 99 valence electrons. The fourth-order valence-corrected chi connectivity index (χ4v) is 2.36. The quantitative estimate of drug-likeness (QED) is 0.399. The van der Waals surface area contributed by atoms with Crippen molar-refractivity contribution in [2.24, 2.45) is 0 Å². The predicted octanol–water partition coefficient (Wildman–Crippen LogP) is 3.61. The molecule has 0 aliphatic rings. The largest absolute Gasteiger partial charge is 0.525 e. The Morgan fingerprint density at radius 1 is 0.765 bits per heavy atom. The van der Waals surface area contributed by atoms with E-state index in [2.05, 4.69) is 6.92 Å². The van der Waals surface area contributed by atoms with Crippen molar-refractivity contribution >= 4 is 18.0 Å². The van der Waals surface area contributed by atoms with E-state index >= 15 is 0 Å². The van der Waals surface area contributed by atoms with Crippen LogP contribution in [0.3, 0.4) is 0 Å². The maximum Gasteiger partial charge on any atom is 0.525 e. The summed E-state index contributed by atoms with van der Waals surface area (Å²) in [7, 11) is 0. The van der Waals surface area contributed by atoms with Crippen LogP contribution >= 0.6 is 11.6 Å². The molecule has 0 heterocycles. The first kappa shape index (κ1) is 20.8. The molecule has 2 N–H and O–H groups in total. The van der Waals surface area contributed by atoms with Gasteiger partial charge < -0.3 is 10.0 Å². The van der Waals surface area contributed by atoms with Crippen LogP contribution in [0.5, 0.6) is 0 Å². The van der Waals surface area contributed by atoms with Gasteiger partial charge in [-0.2, -0.15) is 0 Å². The van der Waals surface area contributed by atoms with Crippen LogP contribution in [0.4, 0.5) is 0 Å². The number of unbranched alkanes of at least 4 members (excludes halogenated alkanes) is 9. The minimum Gasteiger partial charge on any atom is -0.418 e. The molecule has 0 aromatic heterocycles. The summed E-state index contributed by atoms with van der Waals surface area (Å²) in [6, 6.07) is 0. The summed E-state index contributed by atoms with van der Waals surface area (Å²) in [4.78, 5) is 0. The Kier molecular flexibility index (Phi) is 21.5. The van der Waals surface area contributed by atoms with Gasteiger partial charge in [-0.3, -0.25) is 0 Å². The second-order valence-corrected chi connectivity index (χ2v) is 5.54. The Morgan fingerprint density at radius 2 is 1.18 bits per heavy atom. The molecule has 0 fully saturated rings. The van der Waals surface area contributed by atoms with Crippen molar-refractivity contribution < 1.29 is 45.6 Å². The number of rotatable bonds is 12. The van der Waals surface area contributed by atoms with E-state index in [4.69, 9.17) is 10.0 Å². The van der Waals surface area contributed by atoms with Gasteiger partial charge in [0, 0.05) is 35.6 Å². The predicted molar refractivity (Wildman–Crippen MR) is 74.5 cm³/mol. The normalized spacial score (nSPS) is 10.1. The van der Waals surface area contributed by atoms with Gasteiger partial charge in [0.2, 0.25) is 0 Å². The SMILES string of the molecule is CCCCCCCCCCCCSB(O)O.[La]. The van der Waals surface area contributed by atoms with Crippen molar-refractivity contribution in [3.63, 3.8) is 0 Å². The first-order valence-corrected chi connectivity index (χ1v) is 7.80. The standard InChI is InChI=1S/C12H27BO2S.La/c1-2-3-4-5-6-7-8-9-10-11-12-16-13(14)15;/h14-15H,2-12H2,1H3;. The molecule has 0 aromatic rings. The molecular weight excluding hydrogens is 358 g/mol. The topological polar surface area (TPSA) is 40.5 Å². The first-order chi connectivity index (χ1) is 7.77. The van der Waals surface area contributed by atoms with Crippen molar-refractivity contribution in [3.8, 4) is 0 Å². The van der Waals surface area contributed by atoms with Gasteiger partial charge in [0.15, 0.2) is 0 Å². The molecule has 2 nitrogen and oxygen atoms in total. The van der Waals surface area contributed by atoms with Gasteiger partial charge in [0.1, 0.15) is 0 Å². The van der Waals surface area contributed by atoms with E-state index in [0.29, 0.717) is 0 Å². The molecule has 0 saturated heterocycles. The molecule has 0 aliphatic heterocycles. The zero-order valence-electron chi connectivity index (χ0n) is 11.2. The van der Waals surface area contributed by atoms with E-state index in [1.54, 1.807) is 0 Å². The average molecular weight is 385 g/mol. The van der Waals surface area contributed by atoms with Crippen LogP contribution in [0.15, 0.2) is 0 Å². The number of hydrogen-bond acceptors (Lipinski definition) is 3. The van der Waals surface area contributed by atoms with Gasteiger partial charge in [-0.15, -0.1) is 11.6 Å². The van der Waals surface area contributed by atoms with Crippen molar-refractivity contribution in [2.45, 2.75) is 71.1 Å². The third-order valence-corrected chi connectivity index (χ3v) is 3.59. The molecule has 0 aromatic carbocycles. The molecule has 17 heavy (non-hydrogen) atoms. The summed E-state index contributed by atoms with van der Waals surface area (Å²) in [6.07, 6.45) is 12.1. The summed E-state index contributed by atoms with van der Waals surface area (Å²) in [5.41, 5.74) is 0. The van der Waals surface area contributed by atoms with E-state index in [0.717, 1.165) is 12.2 Å². The van der Waals surface area contributed by atoms with E-state index in [-0.39, 0.29) is 35.6 Å². The molecule has 0 bridgehead atoms.